The molecule has 0 spiro atoms. The maximum absolute atomic E-state index is 5.08. The summed E-state index contributed by atoms with van der Waals surface area (Å²) in [6.45, 7) is 0. The molecule has 1 saturated heterocycles. The molecule has 4 nitrogen and oxygen atoms in total. The van der Waals surface area contributed by atoms with Gasteiger partial charge in [-0.25, -0.2) is 0 Å². The van der Waals surface area contributed by atoms with E-state index in [2.05, 4.69) is 0 Å². The van der Waals surface area contributed by atoms with E-state index in [4.69, 9.17) is 16.5 Å². The Labute approximate surface area is 57.1 Å². The van der Waals surface area contributed by atoms with Gasteiger partial charge in [0.15, 0.2) is 0 Å². The molecule has 8 heteroatoms. The van der Waals surface area contributed by atoms with E-state index in [0.717, 1.165) is 0 Å². The van der Waals surface area contributed by atoms with E-state index in [1.807, 2.05) is 0 Å². The Bertz CT molecular complexity index is 32.0. The van der Waals surface area contributed by atoms with Crippen molar-refractivity contribution in [3.8, 4) is 0 Å². The molecule has 47 valence electrons. The van der Waals surface area contributed by atoms with E-state index in [1.165, 1.54) is 0 Å². The first-order valence-electron chi connectivity index (χ1n) is 2.20. The monoisotopic (exact) mass is 183 g/mol. The molecule has 0 aromatic heterocycles. The summed E-state index contributed by atoms with van der Waals surface area (Å²) in [5, 5.41) is 0. The second kappa shape index (κ2) is 4.57. The van der Waals surface area contributed by atoms with Crippen LogP contribution in [0, 0.1) is 0 Å². The summed E-state index contributed by atoms with van der Waals surface area (Å²) < 4.78 is 20.2. The number of rotatable bonds is 0. The molecule has 0 saturated carbocycles. The maximum Gasteiger partial charge on any atom is 0.344 e. The van der Waals surface area contributed by atoms with Crippen LogP contribution in [0.2, 0.25) is 0 Å². The summed E-state index contributed by atoms with van der Waals surface area (Å²) in [6.07, 6.45) is 0. The van der Waals surface area contributed by atoms with Crippen LogP contribution >= 0.6 is 0 Å². The molecule has 1 radical (unpaired) electrons. The summed E-state index contributed by atoms with van der Waals surface area (Å²) in [6, 6.07) is 0. The van der Waals surface area contributed by atoms with Crippen LogP contribution in [0.4, 0.5) is 0 Å². The van der Waals surface area contributed by atoms with Crippen LogP contribution in [0.1, 0.15) is 0 Å². The quantitative estimate of drug-likeness (QED) is 0.363. The van der Waals surface area contributed by atoms with Crippen LogP contribution in [0.15, 0.2) is 0 Å². The molecule has 1 heterocycles. The Morgan fingerprint density at radius 2 is 1.50 bits per heavy atom. The van der Waals surface area contributed by atoms with E-state index in [1.54, 1.807) is 0 Å². The molecule has 0 aromatic carbocycles. The van der Waals surface area contributed by atoms with Gasteiger partial charge in [-0.1, -0.05) is 0 Å². The zero-order valence-electron chi connectivity index (χ0n) is 4.33. The standard InChI is InChI=1S/H7O4Si4/c1-5-2-7-4-8-3-6-1/h5H,6-8H2. The zero-order valence-corrected chi connectivity index (χ0v) is 9.73. The molecule has 1 aliphatic heterocycles. The van der Waals surface area contributed by atoms with Crippen LogP contribution in [0.3, 0.4) is 0 Å². The van der Waals surface area contributed by atoms with Crippen molar-refractivity contribution < 1.29 is 16.5 Å². The lowest BCUT2D eigenvalue weighted by molar-refractivity contribution is 0.347. The molecule has 8 heavy (non-hydrogen) atoms. The minimum absolute atomic E-state index is 0.233. The first-order valence-corrected chi connectivity index (χ1v) is 6.61. The van der Waals surface area contributed by atoms with Crippen LogP contribution in [-0.4, -0.2) is 40.0 Å². The average Bonchev–Trinajstić information content (AvgIpc) is 1.62. The van der Waals surface area contributed by atoms with Gasteiger partial charge < -0.3 is 16.5 Å². The van der Waals surface area contributed by atoms with E-state index in [0.29, 0.717) is 0 Å². The minimum Gasteiger partial charge on any atom is -0.425 e. The molecule has 1 rings (SSSR count). The Balaban J connectivity index is 2.00. The third-order valence-electron chi connectivity index (χ3n) is 0.605. The topological polar surface area (TPSA) is 36.9 Å². The minimum atomic E-state index is -0.677. The van der Waals surface area contributed by atoms with E-state index in [-0.39, 0.29) is 10.0 Å². The lowest BCUT2D eigenvalue weighted by atomic mass is 15.7. The van der Waals surface area contributed by atoms with Gasteiger partial charge in [-0.05, 0) is 0 Å². The third kappa shape index (κ3) is 2.88. The van der Waals surface area contributed by atoms with Gasteiger partial charge >= 0.3 is 10.0 Å². The van der Waals surface area contributed by atoms with Crippen LogP contribution in [0.25, 0.3) is 0 Å². The van der Waals surface area contributed by atoms with Gasteiger partial charge in [0.2, 0.25) is 0 Å². The smallest absolute Gasteiger partial charge is 0.344 e. The van der Waals surface area contributed by atoms with Crippen molar-refractivity contribution in [1.29, 1.82) is 0 Å². The SMILES string of the molecule is O1[SiH]O[SiH2]O[SiH2]O[SiH2]1. The first kappa shape index (κ1) is 6.82. The molecule has 0 unspecified atom stereocenters. The van der Waals surface area contributed by atoms with Gasteiger partial charge in [-0.15, -0.1) is 0 Å². The third-order valence-corrected chi connectivity index (χ3v) is 5.45. The van der Waals surface area contributed by atoms with Crippen molar-refractivity contribution in [2.75, 3.05) is 0 Å². The molecule has 0 bridgehead atoms. The van der Waals surface area contributed by atoms with Crippen molar-refractivity contribution >= 4 is 40.0 Å². The fraction of sp³-hybridized carbons (Fsp3) is 0. The molecule has 0 amide bonds. The normalized spacial score (nSPS) is 33.0. The van der Waals surface area contributed by atoms with Gasteiger partial charge in [-0.2, -0.15) is 0 Å². The van der Waals surface area contributed by atoms with E-state index in [9.17, 15) is 0 Å². The van der Waals surface area contributed by atoms with Crippen molar-refractivity contribution in [3.63, 3.8) is 0 Å². The van der Waals surface area contributed by atoms with Gasteiger partial charge in [0, 0.05) is 0 Å². The molecule has 1 aliphatic rings. The van der Waals surface area contributed by atoms with Gasteiger partial charge in [0.1, 0.15) is 0 Å². The van der Waals surface area contributed by atoms with E-state index >= 15 is 0 Å². The lowest BCUT2D eigenvalue weighted by Crippen LogP contribution is -2.23. The Hall–Kier alpha value is 0.708. The molecule has 0 atom stereocenters. The molecule has 0 aliphatic carbocycles. The number of hydrogen-bond donors (Lipinski definition) is 0. The molecule has 0 aromatic rings. The highest BCUT2D eigenvalue weighted by Gasteiger charge is 1.98. The molecular formula is H7O4Si4. The van der Waals surface area contributed by atoms with Gasteiger partial charge in [0.05, 0.1) is 0 Å². The Kier molecular flexibility index (Phi) is 3.90. The van der Waals surface area contributed by atoms with Crippen LogP contribution in [-0.2, 0) is 16.5 Å². The Morgan fingerprint density at radius 1 is 0.875 bits per heavy atom. The maximum atomic E-state index is 5.08. The summed E-state index contributed by atoms with van der Waals surface area (Å²) in [7, 11) is -2.25. The summed E-state index contributed by atoms with van der Waals surface area (Å²) in [4.78, 5) is 0. The summed E-state index contributed by atoms with van der Waals surface area (Å²) in [5.74, 6) is 0. The average molecular weight is 183 g/mol. The largest absolute Gasteiger partial charge is 0.425 e. The van der Waals surface area contributed by atoms with E-state index < -0.39 is 30.0 Å². The Morgan fingerprint density at radius 3 is 2.12 bits per heavy atom. The molecular weight excluding hydrogens is 176 g/mol. The summed E-state index contributed by atoms with van der Waals surface area (Å²) >= 11 is 0. The van der Waals surface area contributed by atoms with Crippen LogP contribution < -0.4 is 0 Å². The predicted octanol–water partition coefficient (Wildman–Crippen LogP) is -3.67. The van der Waals surface area contributed by atoms with Gasteiger partial charge in [-0.3, -0.25) is 0 Å². The first-order chi connectivity index (χ1) is 4.00. The fourth-order valence-electron chi connectivity index (χ4n) is 0.327. The van der Waals surface area contributed by atoms with Crippen molar-refractivity contribution in [3.05, 3.63) is 0 Å². The van der Waals surface area contributed by atoms with Gasteiger partial charge in [0.25, 0.3) is 30.0 Å². The highest BCUT2D eigenvalue weighted by molar-refractivity contribution is 6.50. The fourth-order valence-corrected chi connectivity index (χ4v) is 6.60. The second-order valence-electron chi connectivity index (χ2n) is 1.19. The highest BCUT2D eigenvalue weighted by atomic mass is 28.4. The van der Waals surface area contributed by atoms with Crippen molar-refractivity contribution in [2.24, 2.45) is 0 Å². The summed E-state index contributed by atoms with van der Waals surface area (Å²) in [5.41, 5.74) is 0. The van der Waals surface area contributed by atoms with Crippen LogP contribution in [0.5, 0.6) is 0 Å². The van der Waals surface area contributed by atoms with Crippen molar-refractivity contribution in [2.45, 2.75) is 0 Å². The highest BCUT2D eigenvalue weighted by Crippen LogP contribution is 1.79. The molecule has 0 N–H and O–H groups in total. The zero-order chi connectivity index (χ0) is 5.66. The van der Waals surface area contributed by atoms with Crippen molar-refractivity contribution in [1.82, 2.24) is 0 Å². The molecule has 1 fully saturated rings. The predicted molar refractivity (Wildman–Crippen MR) is 37.1 cm³/mol. The second-order valence-corrected chi connectivity index (χ2v) is 8.02. The number of hydrogen-bond acceptors (Lipinski definition) is 4. The lowest BCUT2D eigenvalue weighted by Gasteiger charge is -2.09.